The van der Waals surface area contributed by atoms with Gasteiger partial charge in [-0.1, -0.05) is 6.08 Å². The minimum Gasteiger partial charge on any atom is -0.369 e. The number of nitrogens with one attached hydrogen (secondary N) is 2. The summed E-state index contributed by atoms with van der Waals surface area (Å²) in [7, 11) is 2.16. The van der Waals surface area contributed by atoms with E-state index in [2.05, 4.69) is 63.3 Å². The van der Waals surface area contributed by atoms with E-state index in [9.17, 15) is 4.79 Å². The van der Waals surface area contributed by atoms with Gasteiger partial charge in [0, 0.05) is 44.1 Å². The molecule has 0 radical (unpaired) electrons. The van der Waals surface area contributed by atoms with Crippen LogP contribution >= 0.6 is 0 Å². The zero-order valence-electron chi connectivity index (χ0n) is 15.1. The number of pyridine rings is 1. The smallest absolute Gasteiger partial charge is 0.270 e. The molecule has 1 aliphatic heterocycles. The van der Waals surface area contributed by atoms with E-state index in [1.165, 1.54) is 5.69 Å². The molecule has 136 valence electrons. The molecular weight excluding hydrogens is 326 g/mol. The van der Waals surface area contributed by atoms with Crippen LogP contribution in [0.15, 0.2) is 55.3 Å². The van der Waals surface area contributed by atoms with Crippen molar-refractivity contribution in [1.29, 1.82) is 0 Å². The first-order chi connectivity index (χ1) is 12.7. The van der Waals surface area contributed by atoms with E-state index in [0.717, 1.165) is 37.6 Å². The van der Waals surface area contributed by atoms with Crippen LogP contribution in [-0.4, -0.2) is 55.6 Å². The first-order valence-corrected chi connectivity index (χ1v) is 8.81. The van der Waals surface area contributed by atoms with Crippen molar-refractivity contribution in [2.75, 3.05) is 50.0 Å². The van der Waals surface area contributed by atoms with Crippen molar-refractivity contribution in [3.8, 4) is 0 Å². The maximum Gasteiger partial charge on any atom is 0.270 e. The minimum absolute atomic E-state index is 0.201. The van der Waals surface area contributed by atoms with E-state index < -0.39 is 0 Å². The summed E-state index contributed by atoms with van der Waals surface area (Å²) in [6, 6.07) is 12.0. The first-order valence-electron chi connectivity index (χ1n) is 8.81. The Morgan fingerprint density at radius 3 is 2.42 bits per heavy atom. The van der Waals surface area contributed by atoms with Gasteiger partial charge in [-0.05, 0) is 43.4 Å². The van der Waals surface area contributed by atoms with Crippen molar-refractivity contribution >= 4 is 23.0 Å². The molecule has 1 aliphatic rings. The lowest BCUT2D eigenvalue weighted by Crippen LogP contribution is -2.44. The van der Waals surface area contributed by atoms with Gasteiger partial charge in [0.15, 0.2) is 0 Å². The molecule has 2 N–H and O–H groups in total. The van der Waals surface area contributed by atoms with Crippen LogP contribution in [0.2, 0.25) is 0 Å². The van der Waals surface area contributed by atoms with E-state index >= 15 is 0 Å². The van der Waals surface area contributed by atoms with Gasteiger partial charge < -0.3 is 20.4 Å². The molecule has 1 fully saturated rings. The van der Waals surface area contributed by atoms with Gasteiger partial charge in [0.25, 0.3) is 5.91 Å². The number of rotatable bonds is 6. The number of nitrogens with zero attached hydrogens (tertiary/aromatic N) is 3. The van der Waals surface area contributed by atoms with E-state index in [0.29, 0.717) is 12.2 Å². The summed E-state index contributed by atoms with van der Waals surface area (Å²) in [5, 5.41) is 6.02. The molecule has 6 nitrogen and oxygen atoms in total. The highest BCUT2D eigenvalue weighted by atomic mass is 16.1. The van der Waals surface area contributed by atoms with Crippen molar-refractivity contribution in [1.82, 2.24) is 15.2 Å². The molecule has 0 spiro atoms. The topological polar surface area (TPSA) is 60.5 Å². The number of aromatic nitrogens is 1. The second-order valence-electron chi connectivity index (χ2n) is 6.39. The predicted octanol–water partition coefficient (Wildman–Crippen LogP) is 2.49. The SMILES string of the molecule is C=CCNC(=O)c1ccc(Nc2ccc(N3CCN(C)CC3)cc2)cn1. The summed E-state index contributed by atoms with van der Waals surface area (Å²) in [4.78, 5) is 20.8. The van der Waals surface area contributed by atoms with E-state index in [-0.39, 0.29) is 5.91 Å². The monoisotopic (exact) mass is 351 g/mol. The van der Waals surface area contributed by atoms with Crippen LogP contribution < -0.4 is 15.5 Å². The molecule has 0 atom stereocenters. The third kappa shape index (κ3) is 4.61. The first kappa shape index (κ1) is 17.9. The zero-order valence-corrected chi connectivity index (χ0v) is 15.1. The summed E-state index contributed by atoms with van der Waals surface area (Å²) >= 11 is 0. The van der Waals surface area contributed by atoms with Crippen molar-refractivity contribution in [2.24, 2.45) is 0 Å². The quantitative estimate of drug-likeness (QED) is 0.783. The Morgan fingerprint density at radius 1 is 1.12 bits per heavy atom. The van der Waals surface area contributed by atoms with Gasteiger partial charge in [0.05, 0.1) is 11.9 Å². The Bertz CT molecular complexity index is 734. The Hall–Kier alpha value is -2.86. The molecule has 1 saturated heterocycles. The number of benzene rings is 1. The van der Waals surface area contributed by atoms with Crippen LogP contribution in [0, 0.1) is 0 Å². The molecule has 1 amide bonds. The molecular formula is C20H25N5O. The highest BCUT2D eigenvalue weighted by molar-refractivity contribution is 5.92. The highest BCUT2D eigenvalue weighted by Crippen LogP contribution is 2.22. The Balaban J connectivity index is 1.58. The summed E-state index contributed by atoms with van der Waals surface area (Å²) < 4.78 is 0. The number of likely N-dealkylation sites (N-methyl/N-ethyl adjacent to an activating group) is 1. The number of hydrogen-bond acceptors (Lipinski definition) is 5. The van der Waals surface area contributed by atoms with Crippen LogP contribution in [0.4, 0.5) is 17.1 Å². The van der Waals surface area contributed by atoms with Crippen LogP contribution in [0.3, 0.4) is 0 Å². The van der Waals surface area contributed by atoms with Gasteiger partial charge in [-0.3, -0.25) is 4.79 Å². The number of anilines is 3. The van der Waals surface area contributed by atoms with Gasteiger partial charge in [0.1, 0.15) is 5.69 Å². The lowest BCUT2D eigenvalue weighted by atomic mass is 10.2. The Kier molecular flexibility index (Phi) is 5.86. The molecule has 0 saturated carbocycles. The minimum atomic E-state index is -0.201. The standard InChI is InChI=1S/C20H25N5O/c1-3-10-21-20(26)19-9-6-17(15-22-19)23-16-4-7-18(8-5-16)25-13-11-24(2)12-14-25/h3-9,15,23H,1,10-14H2,2H3,(H,21,26). The molecule has 6 heteroatoms. The second-order valence-corrected chi connectivity index (χ2v) is 6.39. The number of carbonyl (C=O) groups excluding carboxylic acids is 1. The lowest BCUT2D eigenvalue weighted by molar-refractivity contribution is 0.0953. The predicted molar refractivity (Wildman–Crippen MR) is 106 cm³/mol. The van der Waals surface area contributed by atoms with E-state index in [1.807, 2.05) is 6.07 Å². The fourth-order valence-corrected chi connectivity index (χ4v) is 2.84. The number of piperazine rings is 1. The van der Waals surface area contributed by atoms with Crippen LogP contribution in [0.1, 0.15) is 10.5 Å². The molecule has 0 aliphatic carbocycles. The molecule has 0 bridgehead atoms. The third-order valence-corrected chi connectivity index (χ3v) is 4.43. The number of amides is 1. The lowest BCUT2D eigenvalue weighted by Gasteiger charge is -2.34. The summed E-state index contributed by atoms with van der Waals surface area (Å²) in [6.45, 7) is 8.31. The van der Waals surface area contributed by atoms with Crippen LogP contribution in [0.25, 0.3) is 0 Å². The van der Waals surface area contributed by atoms with E-state index in [1.54, 1.807) is 18.3 Å². The highest BCUT2D eigenvalue weighted by Gasteiger charge is 2.14. The normalized spacial score (nSPS) is 14.7. The summed E-state index contributed by atoms with van der Waals surface area (Å²) in [5.41, 5.74) is 3.48. The number of hydrogen-bond donors (Lipinski definition) is 2. The van der Waals surface area contributed by atoms with Crippen molar-refractivity contribution < 1.29 is 4.79 Å². The Labute approximate surface area is 154 Å². The van der Waals surface area contributed by atoms with E-state index in [4.69, 9.17) is 0 Å². The number of carbonyl (C=O) groups is 1. The molecule has 1 aromatic heterocycles. The summed E-state index contributed by atoms with van der Waals surface area (Å²) in [5.74, 6) is -0.201. The summed E-state index contributed by atoms with van der Waals surface area (Å²) in [6.07, 6.45) is 3.30. The molecule has 1 aromatic carbocycles. The average Bonchev–Trinajstić information content (AvgIpc) is 2.68. The fourth-order valence-electron chi connectivity index (χ4n) is 2.84. The van der Waals surface area contributed by atoms with Gasteiger partial charge >= 0.3 is 0 Å². The Morgan fingerprint density at radius 2 is 1.81 bits per heavy atom. The molecule has 0 unspecified atom stereocenters. The van der Waals surface area contributed by atoms with Crippen LogP contribution in [0.5, 0.6) is 0 Å². The van der Waals surface area contributed by atoms with Gasteiger partial charge in [-0.25, -0.2) is 4.98 Å². The fraction of sp³-hybridized carbons (Fsp3) is 0.300. The second kappa shape index (κ2) is 8.49. The molecule has 3 rings (SSSR count). The molecule has 2 aromatic rings. The van der Waals surface area contributed by atoms with Gasteiger partial charge in [-0.2, -0.15) is 0 Å². The maximum atomic E-state index is 11.8. The largest absolute Gasteiger partial charge is 0.369 e. The molecule has 2 heterocycles. The third-order valence-electron chi connectivity index (χ3n) is 4.43. The van der Waals surface area contributed by atoms with Crippen molar-refractivity contribution in [3.63, 3.8) is 0 Å². The van der Waals surface area contributed by atoms with Crippen LogP contribution in [-0.2, 0) is 0 Å². The maximum absolute atomic E-state index is 11.8. The zero-order chi connectivity index (χ0) is 18.4. The molecule has 26 heavy (non-hydrogen) atoms. The van der Waals surface area contributed by atoms with Crippen molar-refractivity contribution in [3.05, 3.63) is 60.9 Å². The van der Waals surface area contributed by atoms with Crippen molar-refractivity contribution in [2.45, 2.75) is 0 Å². The average molecular weight is 351 g/mol. The van der Waals surface area contributed by atoms with Gasteiger partial charge in [-0.15, -0.1) is 6.58 Å². The van der Waals surface area contributed by atoms with Gasteiger partial charge in [0.2, 0.25) is 0 Å².